The van der Waals surface area contributed by atoms with Crippen LogP contribution in [0.15, 0.2) is 0 Å². The summed E-state index contributed by atoms with van der Waals surface area (Å²) >= 11 is 0. The lowest BCUT2D eigenvalue weighted by Gasteiger charge is -2.18. The summed E-state index contributed by atoms with van der Waals surface area (Å²) in [7, 11) is 0. The molecule has 12 heavy (non-hydrogen) atoms. The van der Waals surface area contributed by atoms with Gasteiger partial charge in [-0.1, -0.05) is 0 Å². The van der Waals surface area contributed by atoms with E-state index in [0.29, 0.717) is 0 Å². The van der Waals surface area contributed by atoms with Crippen molar-refractivity contribution in [2.45, 2.75) is 12.1 Å². The Morgan fingerprint density at radius 2 is 1.83 bits per heavy atom. The van der Waals surface area contributed by atoms with Crippen LogP contribution < -0.4 is 11.5 Å². The summed E-state index contributed by atoms with van der Waals surface area (Å²) in [6.45, 7) is 0. The highest BCUT2D eigenvalue weighted by Crippen LogP contribution is 2.43. The molecule has 1 rings (SSSR count). The first-order valence-electron chi connectivity index (χ1n) is 3.41. The molecule has 0 bridgehead atoms. The predicted octanol–water partition coefficient (Wildman–Crippen LogP) is -1.59. The van der Waals surface area contributed by atoms with Crippen LogP contribution in [-0.2, 0) is 9.59 Å². The second-order valence-electron chi connectivity index (χ2n) is 3.03. The summed E-state index contributed by atoms with van der Waals surface area (Å²) in [5, 5.41) is 17.0. The topological polar surface area (TPSA) is 127 Å². The fourth-order valence-corrected chi connectivity index (χ4v) is 1.15. The number of rotatable bonds is 3. The molecule has 6 N–H and O–H groups in total. The molecule has 1 aliphatic carbocycles. The van der Waals surface area contributed by atoms with Crippen molar-refractivity contribution in [1.82, 2.24) is 0 Å². The Morgan fingerprint density at radius 1 is 1.33 bits per heavy atom. The van der Waals surface area contributed by atoms with E-state index in [4.69, 9.17) is 21.7 Å². The standard InChI is InChI=1S/C6H10N2O4/c7-6(8,5(11)12)3-1-2(3)4(9)10/h2-3H,1,7-8H2,(H,9,10)(H,11,12). The monoisotopic (exact) mass is 174 g/mol. The van der Waals surface area contributed by atoms with Crippen LogP contribution in [0.2, 0.25) is 0 Å². The van der Waals surface area contributed by atoms with Crippen LogP contribution >= 0.6 is 0 Å². The number of carbonyl (C=O) groups is 2. The predicted molar refractivity (Wildman–Crippen MR) is 38.0 cm³/mol. The molecule has 0 spiro atoms. The third kappa shape index (κ3) is 1.26. The van der Waals surface area contributed by atoms with Crippen molar-refractivity contribution in [2.24, 2.45) is 23.3 Å². The zero-order chi connectivity index (χ0) is 9.52. The van der Waals surface area contributed by atoms with Gasteiger partial charge in [-0.15, -0.1) is 0 Å². The third-order valence-corrected chi connectivity index (χ3v) is 2.09. The maximum atomic E-state index is 10.4. The van der Waals surface area contributed by atoms with Gasteiger partial charge in [0.25, 0.3) is 0 Å². The van der Waals surface area contributed by atoms with E-state index in [2.05, 4.69) is 0 Å². The Labute approximate surface area is 68.1 Å². The van der Waals surface area contributed by atoms with E-state index in [1.165, 1.54) is 0 Å². The molecular formula is C6H10N2O4. The number of nitrogens with two attached hydrogens (primary N) is 2. The summed E-state index contributed by atoms with van der Waals surface area (Å²) in [6, 6.07) is 0. The number of aliphatic carboxylic acids is 2. The minimum Gasteiger partial charge on any atom is -0.481 e. The van der Waals surface area contributed by atoms with E-state index in [1.54, 1.807) is 0 Å². The minimum absolute atomic E-state index is 0.245. The molecule has 1 saturated carbocycles. The van der Waals surface area contributed by atoms with E-state index in [-0.39, 0.29) is 6.42 Å². The summed E-state index contributed by atoms with van der Waals surface area (Å²) in [6.07, 6.45) is 0.245. The molecule has 1 fully saturated rings. The summed E-state index contributed by atoms with van der Waals surface area (Å²) < 4.78 is 0. The van der Waals surface area contributed by atoms with Gasteiger partial charge in [-0.3, -0.25) is 4.79 Å². The Hall–Kier alpha value is -1.14. The number of carboxylic acid groups (broad SMARTS) is 2. The maximum Gasteiger partial charge on any atom is 0.338 e. The van der Waals surface area contributed by atoms with Crippen molar-refractivity contribution >= 4 is 11.9 Å². The van der Waals surface area contributed by atoms with Crippen LogP contribution in [0.5, 0.6) is 0 Å². The average molecular weight is 174 g/mol. The first-order chi connectivity index (χ1) is 5.37. The Balaban J connectivity index is 2.64. The molecule has 68 valence electrons. The van der Waals surface area contributed by atoms with Gasteiger partial charge in [0.1, 0.15) is 0 Å². The maximum absolute atomic E-state index is 10.4. The fraction of sp³-hybridized carbons (Fsp3) is 0.667. The van der Waals surface area contributed by atoms with Gasteiger partial charge in [0.05, 0.1) is 5.92 Å². The molecule has 1 aliphatic rings. The highest BCUT2D eigenvalue weighted by atomic mass is 16.4. The number of hydrogen-bond acceptors (Lipinski definition) is 4. The molecule has 0 aromatic heterocycles. The van der Waals surface area contributed by atoms with Crippen LogP contribution in [-0.4, -0.2) is 27.8 Å². The number of hydrogen-bond donors (Lipinski definition) is 4. The molecule has 6 nitrogen and oxygen atoms in total. The largest absolute Gasteiger partial charge is 0.481 e. The number of carboxylic acids is 2. The second kappa shape index (κ2) is 2.43. The summed E-state index contributed by atoms with van der Waals surface area (Å²) in [5.74, 6) is -3.75. The first kappa shape index (κ1) is 8.95. The van der Waals surface area contributed by atoms with Gasteiger partial charge >= 0.3 is 11.9 Å². The van der Waals surface area contributed by atoms with Crippen molar-refractivity contribution in [3.63, 3.8) is 0 Å². The highest BCUT2D eigenvalue weighted by Gasteiger charge is 2.56. The van der Waals surface area contributed by atoms with Crippen molar-refractivity contribution in [3.05, 3.63) is 0 Å². The van der Waals surface area contributed by atoms with Crippen LogP contribution in [0.4, 0.5) is 0 Å². The fourth-order valence-electron chi connectivity index (χ4n) is 1.15. The molecule has 2 atom stereocenters. The lowest BCUT2D eigenvalue weighted by atomic mass is 10.1. The van der Waals surface area contributed by atoms with Crippen LogP contribution in [0.25, 0.3) is 0 Å². The van der Waals surface area contributed by atoms with Crippen molar-refractivity contribution in [2.75, 3.05) is 0 Å². The smallest absolute Gasteiger partial charge is 0.338 e. The summed E-state index contributed by atoms with van der Waals surface area (Å²) in [5.41, 5.74) is 8.52. The quantitative estimate of drug-likeness (QED) is 0.382. The van der Waals surface area contributed by atoms with Crippen molar-refractivity contribution < 1.29 is 19.8 Å². The van der Waals surface area contributed by atoms with E-state index < -0.39 is 29.4 Å². The van der Waals surface area contributed by atoms with Gasteiger partial charge < -0.3 is 21.7 Å². The molecule has 0 aliphatic heterocycles. The zero-order valence-electron chi connectivity index (χ0n) is 6.23. The van der Waals surface area contributed by atoms with E-state index in [0.717, 1.165) is 0 Å². The molecule has 0 saturated heterocycles. The molecule has 0 radical (unpaired) electrons. The highest BCUT2D eigenvalue weighted by molar-refractivity contribution is 5.82. The molecule has 0 amide bonds. The SMILES string of the molecule is NC(N)(C(=O)O)C1CC1C(=O)O. The van der Waals surface area contributed by atoms with E-state index >= 15 is 0 Å². The van der Waals surface area contributed by atoms with Crippen LogP contribution in [0, 0.1) is 11.8 Å². The molecular weight excluding hydrogens is 164 g/mol. The van der Waals surface area contributed by atoms with Gasteiger partial charge in [-0.25, -0.2) is 4.79 Å². The third-order valence-electron chi connectivity index (χ3n) is 2.09. The van der Waals surface area contributed by atoms with Gasteiger partial charge in [0.2, 0.25) is 0 Å². The first-order valence-corrected chi connectivity index (χ1v) is 3.41. The second-order valence-corrected chi connectivity index (χ2v) is 3.03. The Morgan fingerprint density at radius 3 is 2.08 bits per heavy atom. The zero-order valence-corrected chi connectivity index (χ0v) is 6.23. The lowest BCUT2D eigenvalue weighted by Crippen LogP contribution is -2.59. The van der Waals surface area contributed by atoms with Gasteiger partial charge in [0.15, 0.2) is 5.66 Å². The van der Waals surface area contributed by atoms with Crippen LogP contribution in [0.1, 0.15) is 6.42 Å². The van der Waals surface area contributed by atoms with Gasteiger partial charge in [-0.2, -0.15) is 0 Å². The molecule has 6 heteroatoms. The molecule has 2 unspecified atom stereocenters. The van der Waals surface area contributed by atoms with E-state index in [9.17, 15) is 9.59 Å². The average Bonchev–Trinajstić information content (AvgIpc) is 2.63. The normalized spacial score (nSPS) is 28.2. The van der Waals surface area contributed by atoms with Gasteiger partial charge in [-0.05, 0) is 6.42 Å². The lowest BCUT2D eigenvalue weighted by molar-refractivity contribution is -0.145. The minimum atomic E-state index is -1.90. The Bertz CT molecular complexity index is 238. The molecule has 0 aromatic carbocycles. The van der Waals surface area contributed by atoms with Crippen molar-refractivity contribution in [1.29, 1.82) is 0 Å². The van der Waals surface area contributed by atoms with Crippen molar-refractivity contribution in [3.8, 4) is 0 Å². The summed E-state index contributed by atoms with van der Waals surface area (Å²) in [4.78, 5) is 20.8. The van der Waals surface area contributed by atoms with Gasteiger partial charge in [0, 0.05) is 5.92 Å². The molecule has 0 aromatic rings. The van der Waals surface area contributed by atoms with Crippen LogP contribution in [0.3, 0.4) is 0 Å². The molecule has 0 heterocycles. The Kier molecular flexibility index (Phi) is 1.81. The van der Waals surface area contributed by atoms with E-state index in [1.807, 2.05) is 0 Å².